The summed E-state index contributed by atoms with van der Waals surface area (Å²) in [5.41, 5.74) is 3.33. The van der Waals surface area contributed by atoms with Gasteiger partial charge in [-0.25, -0.2) is 9.69 Å². The lowest BCUT2D eigenvalue weighted by atomic mass is 9.64. The lowest BCUT2D eigenvalue weighted by Gasteiger charge is -2.46. The van der Waals surface area contributed by atoms with E-state index in [1.54, 1.807) is 29.2 Å². The third kappa shape index (κ3) is 8.95. The number of anilines is 1. The molecule has 5 aromatic carbocycles. The van der Waals surface area contributed by atoms with Gasteiger partial charge in [-0.1, -0.05) is 96.8 Å². The van der Waals surface area contributed by atoms with Crippen molar-refractivity contribution in [2.45, 2.75) is 61.9 Å². The van der Waals surface area contributed by atoms with Gasteiger partial charge in [0.2, 0.25) is 18.6 Å². The van der Waals surface area contributed by atoms with E-state index in [0.29, 0.717) is 66.7 Å². The molecule has 3 amide bonds. The zero-order chi connectivity index (χ0) is 50.8. The maximum absolute atomic E-state index is 16.7. The summed E-state index contributed by atoms with van der Waals surface area (Å²) in [6.07, 6.45) is 4.24. The van der Waals surface area contributed by atoms with Crippen LogP contribution in [0.15, 0.2) is 133 Å². The molecule has 1 N–H and O–H groups in total. The molecule has 380 valence electrons. The van der Waals surface area contributed by atoms with Crippen LogP contribution in [0.4, 0.5) is 10.5 Å². The Bertz CT molecular complexity index is 3000. The van der Waals surface area contributed by atoms with Crippen LogP contribution in [-0.4, -0.2) is 116 Å². The Labute approximate surface area is 430 Å². The number of carbonyl (C=O) groups is 4. The Kier molecular flexibility index (Phi) is 13.9. The minimum absolute atomic E-state index is 0.0504. The van der Waals surface area contributed by atoms with E-state index in [1.165, 1.54) is 7.11 Å². The second kappa shape index (κ2) is 21.2. The molecule has 3 saturated heterocycles. The summed E-state index contributed by atoms with van der Waals surface area (Å²) < 4.78 is 34.8. The van der Waals surface area contributed by atoms with Gasteiger partial charge in [-0.05, 0) is 102 Å². The first kappa shape index (κ1) is 48.8. The average molecular weight is 999 g/mol. The summed E-state index contributed by atoms with van der Waals surface area (Å²) in [6, 6.07) is 34.4. The van der Waals surface area contributed by atoms with Gasteiger partial charge >= 0.3 is 12.1 Å². The third-order valence-electron chi connectivity index (χ3n) is 15.2. The molecule has 15 nitrogen and oxygen atoms in total. The number of fused-ring (bicyclic) bond motifs is 4. The van der Waals surface area contributed by atoms with Crippen molar-refractivity contribution in [2.24, 2.45) is 5.92 Å². The molecule has 15 heteroatoms. The maximum atomic E-state index is 16.7. The number of amides is 3. The number of hydrogen-bond acceptors (Lipinski definition) is 13. The summed E-state index contributed by atoms with van der Waals surface area (Å²) >= 11 is 0. The Hall–Kier alpha value is -7.48. The molecule has 3 fully saturated rings. The topological polar surface area (TPSA) is 157 Å². The van der Waals surface area contributed by atoms with E-state index in [0.717, 1.165) is 52.8 Å². The van der Waals surface area contributed by atoms with E-state index in [4.69, 9.17) is 28.4 Å². The number of benzene rings is 5. The minimum atomic E-state index is -1.98. The summed E-state index contributed by atoms with van der Waals surface area (Å²) in [5, 5.41) is 9.68. The van der Waals surface area contributed by atoms with Crippen LogP contribution in [0, 0.1) is 17.8 Å². The third-order valence-corrected chi connectivity index (χ3v) is 15.2. The number of imide groups is 1. The number of ether oxygens (including phenoxy) is 6. The number of aliphatic hydroxyl groups is 1. The molecule has 6 unspecified atom stereocenters. The van der Waals surface area contributed by atoms with Crippen LogP contribution in [0.2, 0.25) is 0 Å². The second-order valence-corrected chi connectivity index (χ2v) is 19.4. The van der Waals surface area contributed by atoms with E-state index < -0.39 is 59.4 Å². The van der Waals surface area contributed by atoms with Crippen molar-refractivity contribution in [3.8, 4) is 29.1 Å². The van der Waals surface area contributed by atoms with Gasteiger partial charge in [0, 0.05) is 45.4 Å². The molecule has 0 radical (unpaired) electrons. The molecule has 11 rings (SSSR count). The fourth-order valence-electron chi connectivity index (χ4n) is 11.9. The monoisotopic (exact) mass is 998 g/mol. The zero-order valence-electron chi connectivity index (χ0n) is 41.2. The Morgan fingerprint density at radius 2 is 1.53 bits per heavy atom. The molecule has 6 atom stereocenters. The number of carbonyl (C=O) groups excluding carboxylic acids is 4. The van der Waals surface area contributed by atoms with Crippen molar-refractivity contribution < 1.29 is 52.7 Å². The molecule has 6 aliphatic rings. The molecule has 0 aromatic heterocycles. The number of rotatable bonds is 12. The van der Waals surface area contributed by atoms with Crippen LogP contribution in [0.3, 0.4) is 0 Å². The smallest absolute Gasteiger partial charge is 0.421 e. The van der Waals surface area contributed by atoms with Crippen molar-refractivity contribution in [1.29, 1.82) is 0 Å². The maximum Gasteiger partial charge on any atom is 0.421 e. The largest absolute Gasteiger partial charge is 0.491 e. The predicted molar refractivity (Wildman–Crippen MR) is 272 cm³/mol. The second-order valence-electron chi connectivity index (χ2n) is 19.4. The van der Waals surface area contributed by atoms with Gasteiger partial charge in [-0.15, -0.1) is 0 Å². The molecule has 5 aliphatic heterocycles. The first-order valence-electron chi connectivity index (χ1n) is 25.5. The fraction of sp³-hybridized carbons (Fsp3) is 0.356. The van der Waals surface area contributed by atoms with Crippen LogP contribution >= 0.6 is 0 Å². The van der Waals surface area contributed by atoms with E-state index in [-0.39, 0.29) is 38.9 Å². The van der Waals surface area contributed by atoms with Crippen LogP contribution in [0.1, 0.15) is 77.3 Å². The van der Waals surface area contributed by atoms with Crippen LogP contribution in [0.25, 0.3) is 0 Å². The highest BCUT2D eigenvalue weighted by atomic mass is 16.7. The van der Waals surface area contributed by atoms with E-state index in [1.807, 2.05) is 102 Å². The summed E-state index contributed by atoms with van der Waals surface area (Å²) in [5.74, 6) is 5.35. The van der Waals surface area contributed by atoms with Gasteiger partial charge in [-0.2, -0.15) is 0 Å². The number of allylic oxidation sites excluding steroid dienone is 2. The van der Waals surface area contributed by atoms with Gasteiger partial charge in [0.1, 0.15) is 36.5 Å². The highest BCUT2D eigenvalue weighted by molar-refractivity contribution is 6.23. The molecule has 0 bridgehead atoms. The molecule has 5 heterocycles. The number of piperazine rings is 1. The normalized spacial score (nSPS) is 24.1. The lowest BCUT2D eigenvalue weighted by molar-refractivity contribution is -0.179. The number of nitrogens with zero attached hydrogens (tertiary/aromatic N) is 4. The number of methoxy groups -OCH3 is 1. The van der Waals surface area contributed by atoms with Crippen molar-refractivity contribution in [3.05, 3.63) is 166 Å². The molecule has 1 aliphatic carbocycles. The fourth-order valence-corrected chi connectivity index (χ4v) is 11.9. The van der Waals surface area contributed by atoms with Gasteiger partial charge in [0.25, 0.3) is 0 Å². The molecule has 5 aromatic rings. The summed E-state index contributed by atoms with van der Waals surface area (Å²) in [7, 11) is 1.49. The lowest BCUT2D eigenvalue weighted by Crippen LogP contribution is -2.59. The molecule has 74 heavy (non-hydrogen) atoms. The van der Waals surface area contributed by atoms with Crippen LogP contribution in [-0.2, 0) is 40.6 Å². The van der Waals surface area contributed by atoms with Crippen molar-refractivity contribution in [1.82, 2.24) is 14.7 Å². The summed E-state index contributed by atoms with van der Waals surface area (Å²) in [4.78, 5) is 70.5. The highest BCUT2D eigenvalue weighted by Crippen LogP contribution is 2.66. The Balaban J connectivity index is 1.11. The zero-order valence-corrected chi connectivity index (χ0v) is 41.2. The van der Waals surface area contributed by atoms with E-state index >= 15 is 14.4 Å². The quantitative estimate of drug-likeness (QED) is 0.0749. The summed E-state index contributed by atoms with van der Waals surface area (Å²) in [6.45, 7) is 2.13. The number of aliphatic hydroxyl groups excluding tert-OH is 1. The van der Waals surface area contributed by atoms with Crippen molar-refractivity contribution >= 4 is 29.6 Å². The highest BCUT2D eigenvalue weighted by Gasteiger charge is 2.76. The first-order valence-corrected chi connectivity index (χ1v) is 25.5. The van der Waals surface area contributed by atoms with Gasteiger partial charge < -0.3 is 38.4 Å². The number of morpholine rings is 1. The number of cyclic esters (lactones) is 1. The predicted octanol–water partition coefficient (Wildman–Crippen LogP) is 7.43. The van der Waals surface area contributed by atoms with Crippen molar-refractivity contribution in [3.63, 3.8) is 0 Å². The van der Waals surface area contributed by atoms with E-state index in [2.05, 4.69) is 22.8 Å². The molecule has 1 spiro atoms. The molecular weight excluding hydrogens is 941 g/mol. The van der Waals surface area contributed by atoms with Gasteiger partial charge in [0.15, 0.2) is 11.5 Å². The minimum Gasteiger partial charge on any atom is -0.491 e. The SMILES string of the molecule is COCCOC(=O)N1C(=O)C2(c3cc(C#CC4=CCCCC4)ccc31)C(C(=O)N1CCN(Cc3ccc4c(c3)OCO4)CC1)C1C(=O)OC(c3ccccc3)C(c3ccccc3)N1C2c1ccc(OCCO)cc1. The van der Waals surface area contributed by atoms with Crippen LogP contribution < -0.4 is 19.1 Å². The van der Waals surface area contributed by atoms with Gasteiger partial charge in [0.05, 0.1) is 36.9 Å². The number of esters is 1. The molecule has 0 saturated carbocycles. The molecular formula is C59H58N4O11. The Morgan fingerprint density at radius 1 is 0.770 bits per heavy atom. The number of hydrogen-bond donors (Lipinski definition) is 1. The van der Waals surface area contributed by atoms with Gasteiger partial charge in [-0.3, -0.25) is 24.2 Å². The van der Waals surface area contributed by atoms with Crippen molar-refractivity contribution in [2.75, 3.05) is 71.4 Å². The average Bonchev–Trinajstić information content (AvgIpc) is 4.12. The van der Waals surface area contributed by atoms with E-state index in [9.17, 15) is 9.90 Å². The standard InChI is InChI=1S/C59H58N4O11/c1-69-33-34-71-58(68)62-47-25-19-40(18-17-39-11-5-2-6-12-39)35-46(47)59(57(62)67)50(55(65)61-29-27-60(28-30-61)37-41-20-26-48-49(36-41)73-38-72-48)52-56(66)74-53(43-15-9-4-10-16-43)51(42-13-7-3-8-14-42)63(52)54(59)44-21-23-45(24-22-44)70-32-31-64/h3-4,7-11,13-16,19-26,35-36,50-54,64H,2,5-6,12,27-34,37-38H2,1H3. The van der Waals surface area contributed by atoms with Crippen LogP contribution in [0.5, 0.6) is 17.2 Å². The first-order chi connectivity index (χ1) is 36.3. The Morgan fingerprint density at radius 3 is 2.26 bits per heavy atom.